The highest BCUT2D eigenvalue weighted by Crippen LogP contribution is 2.24. The van der Waals surface area contributed by atoms with Gasteiger partial charge in [0.05, 0.1) is 5.56 Å². The van der Waals surface area contributed by atoms with E-state index in [2.05, 4.69) is 4.98 Å². The molecular formula is C7H3F4NO. The average Bonchev–Trinajstić information content (AvgIpc) is 2.01. The molecule has 0 unspecified atom stereocenters. The normalized spacial score (nSPS) is 10.5. The zero-order valence-electron chi connectivity index (χ0n) is 6.10. The van der Waals surface area contributed by atoms with Gasteiger partial charge in [0.2, 0.25) is 5.95 Å². The van der Waals surface area contributed by atoms with E-state index in [4.69, 9.17) is 0 Å². The van der Waals surface area contributed by atoms with Crippen LogP contribution in [-0.2, 0) is 0 Å². The van der Waals surface area contributed by atoms with E-state index in [1.165, 1.54) is 0 Å². The van der Waals surface area contributed by atoms with Crippen molar-refractivity contribution in [2.24, 2.45) is 0 Å². The summed E-state index contributed by atoms with van der Waals surface area (Å²) in [5.74, 6) is -2.77. The maximum absolute atomic E-state index is 12.6. The van der Waals surface area contributed by atoms with Gasteiger partial charge in [0.15, 0.2) is 6.29 Å². The highest BCUT2D eigenvalue weighted by Gasteiger charge is 2.20. The van der Waals surface area contributed by atoms with Crippen LogP contribution in [0.3, 0.4) is 0 Å². The molecule has 0 aliphatic carbocycles. The molecule has 0 amide bonds. The summed E-state index contributed by atoms with van der Waals surface area (Å²) in [6.45, 7) is 0. The van der Waals surface area contributed by atoms with Crippen LogP contribution in [0.2, 0.25) is 0 Å². The number of carbonyl (C=O) groups excluding carboxylic acids is 1. The fourth-order valence-corrected chi connectivity index (χ4v) is 0.818. The van der Waals surface area contributed by atoms with Crippen LogP contribution in [0.1, 0.15) is 22.5 Å². The Hall–Kier alpha value is -1.46. The molecule has 0 bridgehead atoms. The van der Waals surface area contributed by atoms with E-state index in [0.717, 1.165) is 0 Å². The quantitative estimate of drug-likeness (QED) is 0.409. The molecular weight excluding hydrogens is 190 g/mol. The number of rotatable bonds is 2. The third kappa shape index (κ3) is 1.82. The van der Waals surface area contributed by atoms with Crippen molar-refractivity contribution in [1.82, 2.24) is 4.98 Å². The first-order chi connectivity index (χ1) is 6.06. The van der Waals surface area contributed by atoms with E-state index in [-0.39, 0.29) is 12.4 Å². The first kappa shape index (κ1) is 9.63. The minimum Gasteiger partial charge on any atom is -0.296 e. The lowest BCUT2D eigenvalue weighted by Crippen LogP contribution is -2.03. The highest BCUT2D eigenvalue weighted by molar-refractivity contribution is 5.74. The van der Waals surface area contributed by atoms with Gasteiger partial charge in [-0.25, -0.2) is 18.2 Å². The first-order valence-corrected chi connectivity index (χ1v) is 3.15. The Labute approximate surface area is 70.2 Å². The third-order valence-corrected chi connectivity index (χ3v) is 1.34. The van der Waals surface area contributed by atoms with E-state index >= 15 is 0 Å². The van der Waals surface area contributed by atoms with Crippen LogP contribution >= 0.6 is 0 Å². The standard InChI is InChI=1S/C7H3F4NO/c8-3-1-5(9)12-4(2-13)6(3)7(10)11/h1-2,7H. The van der Waals surface area contributed by atoms with Crippen LogP contribution in [0.15, 0.2) is 6.07 Å². The zero-order valence-corrected chi connectivity index (χ0v) is 6.10. The lowest BCUT2D eigenvalue weighted by molar-refractivity contribution is 0.109. The van der Waals surface area contributed by atoms with Gasteiger partial charge in [0.1, 0.15) is 11.5 Å². The summed E-state index contributed by atoms with van der Waals surface area (Å²) in [6, 6.07) is 0.203. The molecule has 0 spiro atoms. The van der Waals surface area contributed by atoms with Gasteiger partial charge in [-0.3, -0.25) is 4.79 Å². The molecule has 13 heavy (non-hydrogen) atoms. The third-order valence-electron chi connectivity index (χ3n) is 1.34. The molecule has 0 radical (unpaired) electrons. The minimum absolute atomic E-state index is 0.117. The molecule has 2 nitrogen and oxygen atoms in total. The largest absolute Gasteiger partial charge is 0.296 e. The Morgan fingerprint density at radius 1 is 1.38 bits per heavy atom. The van der Waals surface area contributed by atoms with Crippen LogP contribution in [0.5, 0.6) is 0 Å². The van der Waals surface area contributed by atoms with Crippen LogP contribution < -0.4 is 0 Å². The van der Waals surface area contributed by atoms with Gasteiger partial charge in [-0.2, -0.15) is 4.39 Å². The molecule has 0 fully saturated rings. The van der Waals surface area contributed by atoms with Crippen LogP contribution in [0.4, 0.5) is 17.6 Å². The molecule has 0 N–H and O–H groups in total. The van der Waals surface area contributed by atoms with E-state index in [1.807, 2.05) is 0 Å². The summed E-state index contributed by atoms with van der Waals surface area (Å²) >= 11 is 0. The molecule has 0 atom stereocenters. The number of alkyl halides is 2. The summed E-state index contributed by atoms with van der Waals surface area (Å²) in [5, 5.41) is 0. The lowest BCUT2D eigenvalue weighted by Gasteiger charge is -2.03. The molecule has 0 saturated heterocycles. The molecule has 0 saturated carbocycles. The van der Waals surface area contributed by atoms with E-state index in [9.17, 15) is 22.4 Å². The molecule has 1 aromatic rings. The van der Waals surface area contributed by atoms with Gasteiger partial charge in [-0.1, -0.05) is 0 Å². The van der Waals surface area contributed by atoms with Gasteiger partial charge < -0.3 is 0 Å². The van der Waals surface area contributed by atoms with Gasteiger partial charge >= 0.3 is 0 Å². The van der Waals surface area contributed by atoms with Crippen molar-refractivity contribution < 1.29 is 22.4 Å². The number of aldehydes is 1. The Bertz CT molecular complexity index is 340. The number of aromatic nitrogens is 1. The van der Waals surface area contributed by atoms with Crippen molar-refractivity contribution >= 4 is 6.29 Å². The maximum Gasteiger partial charge on any atom is 0.268 e. The molecule has 1 aromatic heterocycles. The van der Waals surface area contributed by atoms with E-state index in [0.29, 0.717) is 0 Å². The van der Waals surface area contributed by atoms with Gasteiger partial charge in [-0.05, 0) is 0 Å². The number of hydrogen-bond donors (Lipinski definition) is 0. The zero-order chi connectivity index (χ0) is 10.0. The Morgan fingerprint density at radius 2 is 2.00 bits per heavy atom. The lowest BCUT2D eigenvalue weighted by atomic mass is 10.2. The van der Waals surface area contributed by atoms with E-state index in [1.54, 1.807) is 0 Å². The molecule has 1 rings (SSSR count). The summed E-state index contributed by atoms with van der Waals surface area (Å²) in [6.07, 6.45) is -3.30. The second-order valence-electron chi connectivity index (χ2n) is 2.14. The Morgan fingerprint density at radius 3 is 2.46 bits per heavy atom. The van der Waals surface area contributed by atoms with Crippen LogP contribution in [-0.4, -0.2) is 11.3 Å². The average molecular weight is 193 g/mol. The minimum atomic E-state index is -3.19. The fourth-order valence-electron chi connectivity index (χ4n) is 0.818. The highest BCUT2D eigenvalue weighted by atomic mass is 19.3. The van der Waals surface area contributed by atoms with E-state index < -0.39 is 29.4 Å². The van der Waals surface area contributed by atoms with Crippen molar-refractivity contribution in [3.05, 3.63) is 29.1 Å². The molecule has 1 heterocycles. The van der Waals surface area contributed by atoms with Gasteiger partial charge in [-0.15, -0.1) is 0 Å². The molecule has 0 aromatic carbocycles. The number of halogens is 4. The summed E-state index contributed by atoms with van der Waals surface area (Å²) in [4.78, 5) is 12.9. The predicted molar refractivity (Wildman–Crippen MR) is 34.5 cm³/mol. The maximum atomic E-state index is 12.6. The van der Waals surface area contributed by atoms with Crippen LogP contribution in [0, 0.1) is 11.8 Å². The topological polar surface area (TPSA) is 30.0 Å². The molecule has 0 aliphatic rings. The van der Waals surface area contributed by atoms with Crippen LogP contribution in [0.25, 0.3) is 0 Å². The number of carbonyl (C=O) groups is 1. The summed E-state index contributed by atoms with van der Waals surface area (Å²) in [5.41, 5.74) is -2.08. The molecule has 6 heteroatoms. The van der Waals surface area contributed by atoms with Crippen molar-refractivity contribution in [3.8, 4) is 0 Å². The van der Waals surface area contributed by atoms with Crippen molar-refractivity contribution in [2.45, 2.75) is 6.43 Å². The van der Waals surface area contributed by atoms with Gasteiger partial charge in [0, 0.05) is 6.07 Å². The Kier molecular flexibility index (Phi) is 2.60. The Balaban J connectivity index is 3.38. The van der Waals surface area contributed by atoms with Crippen molar-refractivity contribution in [2.75, 3.05) is 0 Å². The number of pyridine rings is 1. The second-order valence-corrected chi connectivity index (χ2v) is 2.14. The summed E-state index contributed by atoms with van der Waals surface area (Å²) < 4.78 is 49.0. The van der Waals surface area contributed by atoms with Crippen molar-refractivity contribution in [1.29, 1.82) is 0 Å². The molecule has 0 aliphatic heterocycles. The number of nitrogens with zero attached hydrogens (tertiary/aromatic N) is 1. The summed E-state index contributed by atoms with van der Waals surface area (Å²) in [7, 11) is 0. The second kappa shape index (κ2) is 3.51. The van der Waals surface area contributed by atoms with Crippen molar-refractivity contribution in [3.63, 3.8) is 0 Å². The SMILES string of the molecule is O=Cc1nc(F)cc(F)c1C(F)F. The smallest absolute Gasteiger partial charge is 0.268 e. The fraction of sp³-hybridized carbons (Fsp3) is 0.143. The first-order valence-electron chi connectivity index (χ1n) is 3.15. The number of hydrogen-bond acceptors (Lipinski definition) is 2. The molecule has 70 valence electrons. The predicted octanol–water partition coefficient (Wildman–Crippen LogP) is 2.11. The monoisotopic (exact) mass is 193 g/mol. The van der Waals surface area contributed by atoms with Gasteiger partial charge in [0.25, 0.3) is 6.43 Å².